The molecule has 3 heteroatoms. The predicted octanol–water partition coefficient (Wildman–Crippen LogP) is 5.01. The van der Waals surface area contributed by atoms with Gasteiger partial charge in [0, 0.05) is 12.6 Å². The van der Waals surface area contributed by atoms with E-state index in [-0.39, 0.29) is 6.04 Å². The monoisotopic (exact) mass is 363 g/mol. The second-order valence-corrected chi connectivity index (χ2v) is 9.07. The first-order valence-electron chi connectivity index (χ1n) is 10.2. The number of likely N-dealkylation sites (N-methyl/N-ethyl adjacent to an activating group) is 1. The van der Waals surface area contributed by atoms with Gasteiger partial charge in [0.2, 0.25) is 0 Å². The van der Waals surface area contributed by atoms with Crippen LogP contribution < -0.4 is 0 Å². The van der Waals surface area contributed by atoms with Crippen molar-refractivity contribution in [3.8, 4) is 0 Å². The Labute approximate surface area is 161 Å². The average Bonchev–Trinajstić information content (AvgIpc) is 2.54. The molecule has 3 nitrogen and oxygen atoms in total. The highest BCUT2D eigenvalue weighted by molar-refractivity contribution is 5.14. The molecule has 1 aromatic rings. The van der Waals surface area contributed by atoms with Gasteiger partial charge < -0.3 is 10.2 Å². The van der Waals surface area contributed by atoms with E-state index >= 15 is 0 Å². The maximum atomic E-state index is 11.0. The average molecular weight is 364 g/mol. The van der Waals surface area contributed by atoms with Crippen molar-refractivity contribution >= 4 is 0 Å². The lowest BCUT2D eigenvalue weighted by atomic mass is 9.86. The third-order valence-electron chi connectivity index (χ3n) is 5.73. The number of nitrogens with zero attached hydrogens (tertiary/aromatic N) is 1. The Balaban J connectivity index is 2.43. The van der Waals surface area contributed by atoms with Crippen molar-refractivity contribution in [3.05, 3.63) is 35.9 Å². The third-order valence-corrected chi connectivity index (χ3v) is 5.73. The summed E-state index contributed by atoms with van der Waals surface area (Å²) in [6.45, 7) is 11.2. The second kappa shape index (κ2) is 10.4. The van der Waals surface area contributed by atoms with Gasteiger partial charge >= 0.3 is 0 Å². The van der Waals surface area contributed by atoms with Crippen molar-refractivity contribution in [1.29, 1.82) is 0 Å². The van der Waals surface area contributed by atoms with Crippen LogP contribution in [0, 0.1) is 5.92 Å². The minimum Gasteiger partial charge on any atom is -0.390 e. The molecule has 0 spiro atoms. The van der Waals surface area contributed by atoms with Crippen LogP contribution in [0.15, 0.2) is 30.3 Å². The molecule has 0 aliphatic rings. The van der Waals surface area contributed by atoms with Gasteiger partial charge in [0.25, 0.3) is 0 Å². The lowest BCUT2D eigenvalue weighted by Crippen LogP contribution is -2.47. The van der Waals surface area contributed by atoms with Gasteiger partial charge in [0.05, 0.1) is 11.2 Å². The summed E-state index contributed by atoms with van der Waals surface area (Å²) in [5, 5.41) is 21.5. The standard InChI is InChI=1S/C23H41NO2/c1-19(2)12-10-15-22(4,25)16-11-17-23(5,26)20(3)24(6)18-21-13-8-7-9-14-21/h7-9,13-14,19-20,25-26H,10-12,15-18H2,1-6H3. The Hall–Kier alpha value is -0.900. The van der Waals surface area contributed by atoms with E-state index in [2.05, 4.69) is 44.9 Å². The topological polar surface area (TPSA) is 43.7 Å². The Morgan fingerprint density at radius 1 is 0.923 bits per heavy atom. The van der Waals surface area contributed by atoms with E-state index in [1.165, 1.54) is 5.56 Å². The van der Waals surface area contributed by atoms with E-state index in [0.29, 0.717) is 12.3 Å². The first kappa shape index (κ1) is 23.1. The van der Waals surface area contributed by atoms with Gasteiger partial charge in [-0.2, -0.15) is 0 Å². The highest BCUT2D eigenvalue weighted by Gasteiger charge is 2.32. The molecule has 0 heterocycles. The summed E-state index contributed by atoms with van der Waals surface area (Å²) in [4.78, 5) is 2.20. The summed E-state index contributed by atoms with van der Waals surface area (Å²) in [5.74, 6) is 0.688. The van der Waals surface area contributed by atoms with Gasteiger partial charge in [-0.1, -0.05) is 57.0 Å². The van der Waals surface area contributed by atoms with Crippen LogP contribution in [0.4, 0.5) is 0 Å². The molecule has 0 radical (unpaired) electrons. The zero-order valence-corrected chi connectivity index (χ0v) is 17.8. The summed E-state index contributed by atoms with van der Waals surface area (Å²) < 4.78 is 0. The molecule has 26 heavy (non-hydrogen) atoms. The summed E-state index contributed by atoms with van der Waals surface area (Å²) in [6.07, 6.45) is 5.36. The minimum atomic E-state index is -0.766. The second-order valence-electron chi connectivity index (χ2n) is 9.07. The van der Waals surface area contributed by atoms with Crippen LogP contribution in [0.3, 0.4) is 0 Å². The minimum absolute atomic E-state index is 0.0496. The van der Waals surface area contributed by atoms with Gasteiger partial charge in [-0.25, -0.2) is 0 Å². The molecule has 0 fully saturated rings. The maximum Gasteiger partial charge on any atom is 0.0771 e. The predicted molar refractivity (Wildman–Crippen MR) is 111 cm³/mol. The molecule has 2 N–H and O–H groups in total. The maximum absolute atomic E-state index is 11.0. The van der Waals surface area contributed by atoms with Crippen LogP contribution >= 0.6 is 0 Å². The zero-order chi connectivity index (χ0) is 19.8. The van der Waals surface area contributed by atoms with Crippen LogP contribution in [0.1, 0.15) is 78.7 Å². The first-order chi connectivity index (χ1) is 12.0. The van der Waals surface area contributed by atoms with Crippen LogP contribution in [0.2, 0.25) is 0 Å². The SMILES string of the molecule is CC(C)CCCC(C)(O)CCCC(C)(O)C(C)N(C)Cc1ccccc1. The van der Waals surface area contributed by atoms with E-state index in [0.717, 1.165) is 38.6 Å². The van der Waals surface area contributed by atoms with Gasteiger partial charge in [-0.3, -0.25) is 4.90 Å². The molecular formula is C23H41NO2. The molecule has 0 aliphatic heterocycles. The fourth-order valence-corrected chi connectivity index (χ4v) is 3.54. The van der Waals surface area contributed by atoms with E-state index in [1.54, 1.807) is 0 Å². The quantitative estimate of drug-likeness (QED) is 0.549. The van der Waals surface area contributed by atoms with Crippen LogP contribution in [-0.2, 0) is 6.54 Å². The molecule has 0 amide bonds. The number of hydrogen-bond donors (Lipinski definition) is 2. The van der Waals surface area contributed by atoms with Crippen LogP contribution in [-0.4, -0.2) is 39.4 Å². The molecule has 150 valence electrons. The molecular weight excluding hydrogens is 322 g/mol. The molecule has 1 aromatic carbocycles. The Morgan fingerprint density at radius 2 is 1.50 bits per heavy atom. The first-order valence-corrected chi connectivity index (χ1v) is 10.2. The molecule has 0 saturated heterocycles. The number of aliphatic hydroxyl groups is 2. The highest BCUT2D eigenvalue weighted by Crippen LogP contribution is 2.27. The van der Waals surface area contributed by atoms with E-state index in [4.69, 9.17) is 0 Å². The normalized spacial score (nSPS) is 17.9. The number of rotatable bonds is 12. The molecule has 1 rings (SSSR count). The van der Waals surface area contributed by atoms with E-state index in [1.807, 2.05) is 32.0 Å². The smallest absolute Gasteiger partial charge is 0.0771 e. The molecule has 0 saturated carbocycles. The van der Waals surface area contributed by atoms with Gasteiger partial charge in [0.1, 0.15) is 0 Å². The largest absolute Gasteiger partial charge is 0.390 e. The van der Waals surface area contributed by atoms with E-state index in [9.17, 15) is 10.2 Å². The summed E-state index contributed by atoms with van der Waals surface area (Å²) in [7, 11) is 2.06. The lowest BCUT2D eigenvalue weighted by Gasteiger charge is -2.37. The van der Waals surface area contributed by atoms with Gasteiger partial charge in [-0.15, -0.1) is 0 Å². The highest BCUT2D eigenvalue weighted by atomic mass is 16.3. The van der Waals surface area contributed by atoms with Crippen molar-refractivity contribution < 1.29 is 10.2 Å². The number of hydrogen-bond acceptors (Lipinski definition) is 3. The van der Waals surface area contributed by atoms with Crippen molar-refractivity contribution in [2.24, 2.45) is 5.92 Å². The van der Waals surface area contributed by atoms with Crippen LogP contribution in [0.5, 0.6) is 0 Å². The van der Waals surface area contributed by atoms with Gasteiger partial charge in [0.15, 0.2) is 0 Å². The van der Waals surface area contributed by atoms with Gasteiger partial charge in [-0.05, 0) is 65.0 Å². The molecule has 3 unspecified atom stereocenters. The molecule has 0 aromatic heterocycles. The fourth-order valence-electron chi connectivity index (χ4n) is 3.54. The van der Waals surface area contributed by atoms with Crippen molar-refractivity contribution in [2.45, 2.75) is 96.9 Å². The molecule has 0 bridgehead atoms. The fraction of sp³-hybridized carbons (Fsp3) is 0.739. The van der Waals surface area contributed by atoms with Crippen molar-refractivity contribution in [2.75, 3.05) is 7.05 Å². The zero-order valence-electron chi connectivity index (χ0n) is 17.8. The summed E-state index contributed by atoms with van der Waals surface area (Å²) >= 11 is 0. The Morgan fingerprint density at radius 3 is 2.08 bits per heavy atom. The summed E-state index contributed by atoms with van der Waals surface area (Å²) in [5.41, 5.74) is -0.132. The Kier molecular flexibility index (Phi) is 9.29. The molecule has 3 atom stereocenters. The molecule has 0 aliphatic carbocycles. The summed E-state index contributed by atoms with van der Waals surface area (Å²) in [6, 6.07) is 10.4. The van der Waals surface area contributed by atoms with Crippen molar-refractivity contribution in [3.63, 3.8) is 0 Å². The van der Waals surface area contributed by atoms with Crippen molar-refractivity contribution in [1.82, 2.24) is 4.90 Å². The van der Waals surface area contributed by atoms with E-state index < -0.39 is 11.2 Å². The third kappa shape index (κ3) is 8.66. The number of benzene rings is 1. The lowest BCUT2D eigenvalue weighted by molar-refractivity contribution is -0.0352. The Bertz CT molecular complexity index is 496. The van der Waals surface area contributed by atoms with Crippen LogP contribution in [0.25, 0.3) is 0 Å².